The molecule has 0 aliphatic carbocycles. The minimum atomic E-state index is 0.745. The van der Waals surface area contributed by atoms with Gasteiger partial charge in [-0.05, 0) is 24.5 Å². The van der Waals surface area contributed by atoms with E-state index in [0.29, 0.717) is 0 Å². The fourth-order valence-corrected chi connectivity index (χ4v) is 1.90. The van der Waals surface area contributed by atoms with Crippen LogP contribution >= 0.6 is 0 Å². The normalized spacial score (nSPS) is 10.7. The van der Waals surface area contributed by atoms with Gasteiger partial charge in [-0.25, -0.2) is 0 Å². The monoisotopic (exact) mass is 230 g/mol. The van der Waals surface area contributed by atoms with Crippen molar-refractivity contribution in [2.45, 2.75) is 33.4 Å². The van der Waals surface area contributed by atoms with Gasteiger partial charge in [-0.15, -0.1) is 0 Å². The van der Waals surface area contributed by atoms with E-state index in [2.05, 4.69) is 41.7 Å². The van der Waals surface area contributed by atoms with E-state index >= 15 is 0 Å². The number of hydrogen-bond donors (Lipinski definition) is 1. The Kier molecular flexibility index (Phi) is 3.94. The molecule has 0 saturated carbocycles. The molecule has 1 N–H and O–H groups in total. The maximum atomic E-state index is 5.02. The summed E-state index contributed by atoms with van der Waals surface area (Å²) in [5.41, 5.74) is 3.71. The zero-order chi connectivity index (χ0) is 12.1. The second kappa shape index (κ2) is 5.64. The van der Waals surface area contributed by atoms with Gasteiger partial charge in [0.15, 0.2) is 0 Å². The molecule has 0 unspecified atom stereocenters. The molecule has 0 aliphatic rings. The topological polar surface area (TPSA) is 38.1 Å². The third kappa shape index (κ3) is 3.17. The van der Waals surface area contributed by atoms with E-state index in [1.807, 2.05) is 13.0 Å². The Labute approximate surface area is 102 Å². The molecule has 3 nitrogen and oxygen atoms in total. The summed E-state index contributed by atoms with van der Waals surface area (Å²) in [5.74, 6) is 0.857. The molecule has 0 bridgehead atoms. The number of nitrogens with one attached hydrogen (secondary N) is 1. The van der Waals surface area contributed by atoms with Gasteiger partial charge in [0.05, 0.1) is 5.69 Å². The van der Waals surface area contributed by atoms with Crippen LogP contribution in [0.1, 0.15) is 29.5 Å². The first-order valence-corrected chi connectivity index (χ1v) is 5.99. The fraction of sp³-hybridized carbons (Fsp3) is 0.357. The highest BCUT2D eigenvalue weighted by Crippen LogP contribution is 2.09. The van der Waals surface area contributed by atoms with Gasteiger partial charge >= 0.3 is 0 Å². The molecule has 1 aromatic heterocycles. The Bertz CT molecular complexity index is 477. The molecule has 2 aromatic rings. The molecule has 17 heavy (non-hydrogen) atoms. The third-order valence-electron chi connectivity index (χ3n) is 2.80. The van der Waals surface area contributed by atoms with E-state index in [1.165, 1.54) is 11.1 Å². The minimum absolute atomic E-state index is 0.745. The lowest BCUT2D eigenvalue weighted by Crippen LogP contribution is -2.14. The van der Waals surface area contributed by atoms with Crippen molar-refractivity contribution >= 4 is 0 Å². The van der Waals surface area contributed by atoms with Crippen molar-refractivity contribution in [3.8, 4) is 0 Å². The number of hydrogen-bond acceptors (Lipinski definition) is 3. The minimum Gasteiger partial charge on any atom is -0.361 e. The highest BCUT2D eigenvalue weighted by atomic mass is 16.5. The van der Waals surface area contributed by atoms with Gasteiger partial charge in [-0.3, -0.25) is 0 Å². The van der Waals surface area contributed by atoms with Crippen LogP contribution in [0.4, 0.5) is 0 Å². The first-order chi connectivity index (χ1) is 8.29. The van der Waals surface area contributed by atoms with Gasteiger partial charge in [0.1, 0.15) is 5.76 Å². The van der Waals surface area contributed by atoms with Crippen LogP contribution in [-0.4, -0.2) is 5.16 Å². The zero-order valence-corrected chi connectivity index (χ0v) is 10.4. The van der Waals surface area contributed by atoms with Crippen LogP contribution < -0.4 is 5.32 Å². The molecule has 1 aromatic carbocycles. The van der Waals surface area contributed by atoms with Crippen molar-refractivity contribution in [1.29, 1.82) is 0 Å². The van der Waals surface area contributed by atoms with Gasteiger partial charge in [0.2, 0.25) is 0 Å². The number of aryl methyl sites for hydroxylation is 2. The predicted molar refractivity (Wildman–Crippen MR) is 67.6 cm³/mol. The van der Waals surface area contributed by atoms with Crippen LogP contribution in [0.15, 0.2) is 34.9 Å². The summed E-state index contributed by atoms with van der Waals surface area (Å²) in [6.07, 6.45) is 1.07. The van der Waals surface area contributed by atoms with Crippen LogP contribution in [0, 0.1) is 6.92 Å². The van der Waals surface area contributed by atoms with Crippen LogP contribution in [-0.2, 0) is 19.5 Å². The molecule has 0 saturated heterocycles. The molecule has 3 heteroatoms. The zero-order valence-electron chi connectivity index (χ0n) is 10.4. The molecular weight excluding hydrogens is 212 g/mol. The Morgan fingerprint density at radius 1 is 1.18 bits per heavy atom. The van der Waals surface area contributed by atoms with Gasteiger partial charge in [-0.2, -0.15) is 0 Å². The van der Waals surface area contributed by atoms with Crippen molar-refractivity contribution in [3.05, 3.63) is 52.9 Å². The average Bonchev–Trinajstić information content (AvgIpc) is 2.76. The van der Waals surface area contributed by atoms with Crippen molar-refractivity contribution in [3.63, 3.8) is 0 Å². The molecule has 0 spiro atoms. The molecule has 90 valence electrons. The first-order valence-electron chi connectivity index (χ1n) is 5.99. The lowest BCUT2D eigenvalue weighted by molar-refractivity contribution is 0.388. The Hall–Kier alpha value is -1.61. The summed E-state index contributed by atoms with van der Waals surface area (Å²) >= 11 is 0. The summed E-state index contributed by atoms with van der Waals surface area (Å²) in [4.78, 5) is 0. The van der Waals surface area contributed by atoms with E-state index in [4.69, 9.17) is 4.52 Å². The SMILES string of the molecule is CCc1ccccc1CNCc1cc(C)on1. The standard InChI is InChI=1S/C14H18N2O/c1-3-12-6-4-5-7-13(12)9-15-10-14-8-11(2)17-16-14/h4-8,15H,3,9-10H2,1-2H3. The van der Waals surface area contributed by atoms with E-state index in [1.54, 1.807) is 0 Å². The van der Waals surface area contributed by atoms with Gasteiger partial charge in [0, 0.05) is 19.2 Å². The van der Waals surface area contributed by atoms with Crippen LogP contribution in [0.25, 0.3) is 0 Å². The fourth-order valence-electron chi connectivity index (χ4n) is 1.90. The molecule has 0 radical (unpaired) electrons. The van der Waals surface area contributed by atoms with Crippen LogP contribution in [0.3, 0.4) is 0 Å². The molecule has 0 amide bonds. The number of aromatic nitrogens is 1. The average molecular weight is 230 g/mol. The number of nitrogens with zero attached hydrogens (tertiary/aromatic N) is 1. The second-order valence-corrected chi connectivity index (χ2v) is 4.15. The predicted octanol–water partition coefficient (Wildman–Crippen LogP) is 2.84. The summed E-state index contributed by atoms with van der Waals surface area (Å²) < 4.78 is 5.02. The Balaban J connectivity index is 1.89. The Morgan fingerprint density at radius 2 is 1.94 bits per heavy atom. The van der Waals surface area contributed by atoms with Crippen molar-refractivity contribution < 1.29 is 4.52 Å². The molecule has 0 fully saturated rings. The second-order valence-electron chi connectivity index (χ2n) is 4.15. The highest BCUT2D eigenvalue weighted by molar-refractivity contribution is 5.26. The lowest BCUT2D eigenvalue weighted by atomic mass is 10.1. The summed E-state index contributed by atoms with van der Waals surface area (Å²) in [6, 6.07) is 10.5. The van der Waals surface area contributed by atoms with Gasteiger partial charge in [-0.1, -0.05) is 36.3 Å². The molecule has 0 aliphatic heterocycles. The van der Waals surface area contributed by atoms with Crippen molar-refractivity contribution in [1.82, 2.24) is 10.5 Å². The Morgan fingerprint density at radius 3 is 2.59 bits per heavy atom. The van der Waals surface area contributed by atoms with Crippen molar-refractivity contribution in [2.24, 2.45) is 0 Å². The highest BCUT2D eigenvalue weighted by Gasteiger charge is 2.01. The molecule has 2 rings (SSSR count). The summed E-state index contributed by atoms with van der Waals surface area (Å²) in [6.45, 7) is 5.70. The molecule has 1 heterocycles. The van der Waals surface area contributed by atoms with E-state index in [-0.39, 0.29) is 0 Å². The van der Waals surface area contributed by atoms with Gasteiger partial charge < -0.3 is 9.84 Å². The quantitative estimate of drug-likeness (QED) is 0.858. The van der Waals surface area contributed by atoms with Gasteiger partial charge in [0.25, 0.3) is 0 Å². The third-order valence-corrected chi connectivity index (χ3v) is 2.80. The summed E-state index contributed by atoms with van der Waals surface area (Å²) in [5, 5.41) is 7.34. The molecular formula is C14H18N2O. The first kappa shape index (κ1) is 11.9. The van der Waals surface area contributed by atoms with E-state index in [9.17, 15) is 0 Å². The van der Waals surface area contributed by atoms with Crippen LogP contribution in [0.5, 0.6) is 0 Å². The molecule has 0 atom stereocenters. The number of benzene rings is 1. The van der Waals surface area contributed by atoms with Crippen LogP contribution in [0.2, 0.25) is 0 Å². The summed E-state index contributed by atoms with van der Waals surface area (Å²) in [7, 11) is 0. The van der Waals surface area contributed by atoms with Crippen molar-refractivity contribution in [2.75, 3.05) is 0 Å². The van der Waals surface area contributed by atoms with E-state index < -0.39 is 0 Å². The maximum absolute atomic E-state index is 5.02. The smallest absolute Gasteiger partial charge is 0.133 e. The maximum Gasteiger partial charge on any atom is 0.133 e. The largest absolute Gasteiger partial charge is 0.361 e. The van der Waals surface area contributed by atoms with E-state index in [0.717, 1.165) is 31.0 Å². The number of rotatable bonds is 5. The lowest BCUT2D eigenvalue weighted by Gasteiger charge is -2.07.